The molecule has 120 valence electrons. The number of pyridine rings is 1. The fourth-order valence-electron chi connectivity index (χ4n) is 3.16. The molecule has 2 amide bonds. The van der Waals surface area contributed by atoms with Crippen LogP contribution in [-0.2, 0) is 0 Å². The molecular weight excluding hydrogens is 278 g/mol. The molecule has 0 atom stereocenters. The van der Waals surface area contributed by atoms with E-state index in [1.165, 1.54) is 0 Å². The van der Waals surface area contributed by atoms with E-state index in [2.05, 4.69) is 15.2 Å². The topological polar surface area (TPSA) is 74.5 Å². The minimum Gasteiger partial charge on any atom is -0.356 e. The van der Waals surface area contributed by atoms with Crippen LogP contribution in [0.2, 0.25) is 0 Å². The summed E-state index contributed by atoms with van der Waals surface area (Å²) >= 11 is 0. The number of aromatic nitrogens is 1. The summed E-state index contributed by atoms with van der Waals surface area (Å²) in [5, 5.41) is 3.17. The average Bonchev–Trinajstić information content (AvgIpc) is 2.57. The van der Waals surface area contributed by atoms with Gasteiger partial charge in [0.05, 0.1) is 0 Å². The van der Waals surface area contributed by atoms with Gasteiger partial charge in [0.1, 0.15) is 5.82 Å². The minimum absolute atomic E-state index is 0.0724. The van der Waals surface area contributed by atoms with Crippen molar-refractivity contribution in [3.8, 4) is 0 Å². The minimum atomic E-state index is 0.0724. The first-order chi connectivity index (χ1) is 10.7. The molecule has 0 bridgehead atoms. The first-order valence-corrected chi connectivity index (χ1v) is 8.19. The Morgan fingerprint density at radius 1 is 1.14 bits per heavy atom. The zero-order valence-electron chi connectivity index (χ0n) is 12.9. The molecule has 0 spiro atoms. The third-order valence-electron chi connectivity index (χ3n) is 4.62. The number of urea groups is 1. The standard InChI is InChI=1S/C16H25N5O/c17-13-4-9-21(10-5-13)16(22)19-14-6-11-20(12-7-14)15-3-1-2-8-18-15/h1-3,8,13-14H,4-7,9-12,17H2,(H,19,22). The van der Waals surface area contributed by atoms with Crippen LogP contribution < -0.4 is 16.0 Å². The number of anilines is 1. The van der Waals surface area contributed by atoms with Crippen LogP contribution in [0.3, 0.4) is 0 Å². The van der Waals surface area contributed by atoms with Gasteiger partial charge >= 0.3 is 6.03 Å². The van der Waals surface area contributed by atoms with Crippen molar-refractivity contribution in [1.29, 1.82) is 0 Å². The zero-order chi connectivity index (χ0) is 15.4. The molecule has 2 fully saturated rings. The number of hydrogen-bond donors (Lipinski definition) is 2. The number of nitrogens with zero attached hydrogens (tertiary/aromatic N) is 3. The van der Waals surface area contributed by atoms with E-state index in [9.17, 15) is 4.79 Å². The Morgan fingerprint density at radius 3 is 2.50 bits per heavy atom. The number of nitrogens with one attached hydrogen (secondary N) is 1. The maximum Gasteiger partial charge on any atom is 0.317 e. The largest absolute Gasteiger partial charge is 0.356 e. The van der Waals surface area contributed by atoms with E-state index < -0.39 is 0 Å². The Balaban J connectivity index is 1.45. The number of hydrogen-bond acceptors (Lipinski definition) is 4. The molecule has 6 heteroatoms. The molecule has 3 N–H and O–H groups in total. The van der Waals surface area contributed by atoms with Crippen LogP contribution in [0.1, 0.15) is 25.7 Å². The summed E-state index contributed by atoms with van der Waals surface area (Å²) in [4.78, 5) is 20.8. The summed E-state index contributed by atoms with van der Waals surface area (Å²) in [6.45, 7) is 3.43. The average molecular weight is 303 g/mol. The van der Waals surface area contributed by atoms with Crippen molar-refractivity contribution < 1.29 is 4.79 Å². The van der Waals surface area contributed by atoms with E-state index in [0.717, 1.165) is 57.7 Å². The fraction of sp³-hybridized carbons (Fsp3) is 0.625. The lowest BCUT2D eigenvalue weighted by atomic mass is 10.0. The van der Waals surface area contributed by atoms with E-state index in [1.807, 2.05) is 29.3 Å². The van der Waals surface area contributed by atoms with Crippen molar-refractivity contribution in [2.45, 2.75) is 37.8 Å². The smallest absolute Gasteiger partial charge is 0.317 e. The molecule has 0 saturated carbocycles. The first-order valence-electron chi connectivity index (χ1n) is 8.19. The van der Waals surface area contributed by atoms with Gasteiger partial charge < -0.3 is 20.9 Å². The normalized spacial score (nSPS) is 21.0. The van der Waals surface area contributed by atoms with Gasteiger partial charge in [-0.2, -0.15) is 0 Å². The van der Waals surface area contributed by atoms with Crippen molar-refractivity contribution in [2.75, 3.05) is 31.1 Å². The van der Waals surface area contributed by atoms with Gasteiger partial charge in [0.15, 0.2) is 0 Å². The summed E-state index contributed by atoms with van der Waals surface area (Å²) in [5.41, 5.74) is 5.88. The molecule has 3 heterocycles. The van der Waals surface area contributed by atoms with Gasteiger partial charge in [0.2, 0.25) is 0 Å². The van der Waals surface area contributed by atoms with Crippen LogP contribution in [0.5, 0.6) is 0 Å². The SMILES string of the molecule is NC1CCN(C(=O)NC2CCN(c3ccccn3)CC2)CC1. The fourth-order valence-corrected chi connectivity index (χ4v) is 3.16. The maximum atomic E-state index is 12.3. The van der Waals surface area contributed by atoms with Crippen molar-refractivity contribution in [3.63, 3.8) is 0 Å². The van der Waals surface area contributed by atoms with Crippen LogP contribution in [-0.4, -0.2) is 54.2 Å². The lowest BCUT2D eigenvalue weighted by Crippen LogP contribution is -2.52. The number of carbonyl (C=O) groups is 1. The lowest BCUT2D eigenvalue weighted by Gasteiger charge is -2.35. The second-order valence-corrected chi connectivity index (χ2v) is 6.22. The van der Waals surface area contributed by atoms with Crippen LogP contribution in [0.4, 0.5) is 10.6 Å². The number of nitrogens with two attached hydrogens (primary N) is 1. The molecule has 6 nitrogen and oxygen atoms in total. The molecule has 0 aromatic carbocycles. The number of rotatable bonds is 2. The Labute approximate surface area is 131 Å². The first kappa shape index (κ1) is 15.1. The molecular formula is C16H25N5O. The molecule has 22 heavy (non-hydrogen) atoms. The quantitative estimate of drug-likeness (QED) is 0.860. The van der Waals surface area contributed by atoms with E-state index in [-0.39, 0.29) is 18.1 Å². The molecule has 3 rings (SSSR count). The molecule has 0 radical (unpaired) electrons. The van der Waals surface area contributed by atoms with Gasteiger partial charge in [-0.1, -0.05) is 6.07 Å². The molecule has 1 aromatic rings. The molecule has 2 saturated heterocycles. The van der Waals surface area contributed by atoms with E-state index in [0.29, 0.717) is 0 Å². The third-order valence-corrected chi connectivity index (χ3v) is 4.62. The summed E-state index contributed by atoms with van der Waals surface area (Å²) in [7, 11) is 0. The van der Waals surface area contributed by atoms with E-state index >= 15 is 0 Å². The Bertz CT molecular complexity index is 479. The van der Waals surface area contributed by atoms with Crippen molar-refractivity contribution in [3.05, 3.63) is 24.4 Å². The lowest BCUT2D eigenvalue weighted by molar-refractivity contribution is 0.176. The van der Waals surface area contributed by atoms with Crippen molar-refractivity contribution in [1.82, 2.24) is 15.2 Å². The van der Waals surface area contributed by atoms with Crippen molar-refractivity contribution >= 4 is 11.8 Å². The second kappa shape index (κ2) is 6.96. The Morgan fingerprint density at radius 2 is 1.86 bits per heavy atom. The Kier molecular flexibility index (Phi) is 4.77. The molecule has 1 aromatic heterocycles. The highest BCUT2D eigenvalue weighted by molar-refractivity contribution is 5.74. The maximum absolute atomic E-state index is 12.3. The van der Waals surface area contributed by atoms with Crippen LogP contribution >= 0.6 is 0 Å². The Hall–Kier alpha value is -1.82. The highest BCUT2D eigenvalue weighted by Crippen LogP contribution is 2.17. The number of carbonyl (C=O) groups excluding carboxylic acids is 1. The molecule has 2 aliphatic rings. The summed E-state index contributed by atoms with van der Waals surface area (Å²) in [6, 6.07) is 6.57. The van der Waals surface area contributed by atoms with Gasteiger partial charge in [0, 0.05) is 44.5 Å². The predicted octanol–water partition coefficient (Wildman–Crippen LogP) is 1.18. The van der Waals surface area contributed by atoms with Gasteiger partial charge in [0.25, 0.3) is 0 Å². The molecule has 0 aliphatic carbocycles. The molecule has 2 aliphatic heterocycles. The van der Waals surface area contributed by atoms with E-state index in [4.69, 9.17) is 5.73 Å². The monoisotopic (exact) mass is 303 g/mol. The third kappa shape index (κ3) is 3.68. The number of likely N-dealkylation sites (tertiary alicyclic amines) is 1. The van der Waals surface area contributed by atoms with Gasteiger partial charge in [-0.15, -0.1) is 0 Å². The highest BCUT2D eigenvalue weighted by Gasteiger charge is 2.25. The number of amides is 2. The van der Waals surface area contributed by atoms with E-state index in [1.54, 1.807) is 0 Å². The predicted molar refractivity (Wildman–Crippen MR) is 86.8 cm³/mol. The van der Waals surface area contributed by atoms with Crippen LogP contribution in [0.25, 0.3) is 0 Å². The highest BCUT2D eigenvalue weighted by atomic mass is 16.2. The van der Waals surface area contributed by atoms with Crippen LogP contribution in [0, 0.1) is 0 Å². The molecule has 0 unspecified atom stereocenters. The second-order valence-electron chi connectivity index (χ2n) is 6.22. The summed E-state index contributed by atoms with van der Waals surface area (Å²) in [5.74, 6) is 1.03. The van der Waals surface area contributed by atoms with Gasteiger partial charge in [-0.05, 0) is 37.8 Å². The van der Waals surface area contributed by atoms with Gasteiger partial charge in [-0.3, -0.25) is 0 Å². The summed E-state index contributed by atoms with van der Waals surface area (Å²) < 4.78 is 0. The van der Waals surface area contributed by atoms with Gasteiger partial charge in [-0.25, -0.2) is 9.78 Å². The summed E-state index contributed by atoms with van der Waals surface area (Å²) in [6.07, 6.45) is 5.58. The van der Waals surface area contributed by atoms with Crippen molar-refractivity contribution in [2.24, 2.45) is 5.73 Å². The zero-order valence-corrected chi connectivity index (χ0v) is 12.9. The number of piperidine rings is 2. The van der Waals surface area contributed by atoms with Crippen LogP contribution in [0.15, 0.2) is 24.4 Å².